The van der Waals surface area contributed by atoms with Crippen LogP contribution in [0.15, 0.2) is 30.5 Å². The fourth-order valence-electron chi connectivity index (χ4n) is 1.57. The van der Waals surface area contributed by atoms with Crippen molar-refractivity contribution in [2.75, 3.05) is 17.2 Å². The van der Waals surface area contributed by atoms with Crippen LogP contribution in [-0.4, -0.2) is 16.5 Å². The van der Waals surface area contributed by atoms with Gasteiger partial charge in [0.15, 0.2) is 5.82 Å². The van der Waals surface area contributed by atoms with Gasteiger partial charge in [-0.3, -0.25) is 0 Å². The molecule has 0 aliphatic heterocycles. The Kier molecular flexibility index (Phi) is 4.52. The van der Waals surface area contributed by atoms with Crippen molar-refractivity contribution in [3.05, 3.63) is 46.9 Å². The van der Waals surface area contributed by atoms with Gasteiger partial charge < -0.3 is 10.6 Å². The summed E-state index contributed by atoms with van der Waals surface area (Å²) in [7, 11) is 0. The number of anilines is 2. The molecule has 0 radical (unpaired) electrons. The molecule has 4 nitrogen and oxygen atoms in total. The molecule has 1 aromatic heterocycles. The number of nitrogens with zero attached hydrogens (tertiary/aromatic N) is 2. The summed E-state index contributed by atoms with van der Waals surface area (Å²) in [6.07, 6.45) is 1.53. The highest BCUT2D eigenvalue weighted by molar-refractivity contribution is 6.32. The second-order valence-corrected chi connectivity index (χ2v) is 4.31. The molecule has 0 aliphatic rings. The molecule has 2 N–H and O–H groups in total. The molecule has 2 aromatic rings. The summed E-state index contributed by atoms with van der Waals surface area (Å²) in [5.74, 6) is 0.770. The average Bonchev–Trinajstić information content (AvgIpc) is 2.40. The molecule has 100 valence electrons. The lowest BCUT2D eigenvalue weighted by Crippen LogP contribution is -2.07. The molecular weight excluding hydrogens is 267 g/mol. The van der Waals surface area contributed by atoms with Gasteiger partial charge in [-0.05, 0) is 24.6 Å². The van der Waals surface area contributed by atoms with E-state index in [2.05, 4.69) is 20.6 Å². The van der Waals surface area contributed by atoms with Crippen LogP contribution < -0.4 is 10.6 Å². The molecule has 1 aromatic carbocycles. The number of benzene rings is 1. The van der Waals surface area contributed by atoms with E-state index >= 15 is 0 Å². The first-order valence-electron chi connectivity index (χ1n) is 5.93. The van der Waals surface area contributed by atoms with Gasteiger partial charge in [0, 0.05) is 13.1 Å². The smallest absolute Gasteiger partial charge is 0.224 e. The number of rotatable bonds is 5. The molecule has 6 heteroatoms. The summed E-state index contributed by atoms with van der Waals surface area (Å²) in [4.78, 5) is 8.28. The van der Waals surface area contributed by atoms with E-state index in [0.717, 1.165) is 12.1 Å². The minimum absolute atomic E-state index is 0.263. The maximum absolute atomic E-state index is 13.0. The van der Waals surface area contributed by atoms with Gasteiger partial charge in [-0.1, -0.05) is 23.7 Å². The zero-order chi connectivity index (χ0) is 13.7. The van der Waals surface area contributed by atoms with Crippen LogP contribution in [-0.2, 0) is 6.54 Å². The normalized spacial score (nSPS) is 10.3. The van der Waals surface area contributed by atoms with Gasteiger partial charge in [0.05, 0.1) is 6.20 Å². The van der Waals surface area contributed by atoms with Crippen molar-refractivity contribution >= 4 is 23.4 Å². The third-order valence-corrected chi connectivity index (χ3v) is 2.70. The number of nitrogens with one attached hydrogen (secondary N) is 2. The molecule has 0 saturated heterocycles. The van der Waals surface area contributed by atoms with Crippen molar-refractivity contribution in [3.63, 3.8) is 0 Å². The van der Waals surface area contributed by atoms with Crippen LogP contribution in [0, 0.1) is 5.82 Å². The first kappa shape index (κ1) is 13.5. The summed E-state index contributed by atoms with van der Waals surface area (Å²) >= 11 is 6.00. The topological polar surface area (TPSA) is 49.8 Å². The quantitative estimate of drug-likeness (QED) is 0.882. The molecule has 0 spiro atoms. The summed E-state index contributed by atoms with van der Waals surface area (Å²) in [6, 6.07) is 6.37. The molecule has 1 heterocycles. The highest BCUT2D eigenvalue weighted by atomic mass is 35.5. The van der Waals surface area contributed by atoms with Crippen LogP contribution >= 0.6 is 11.6 Å². The maximum atomic E-state index is 13.0. The Morgan fingerprint density at radius 3 is 2.89 bits per heavy atom. The molecule has 2 rings (SSSR count). The van der Waals surface area contributed by atoms with Crippen LogP contribution in [0.25, 0.3) is 0 Å². The molecule has 0 bridgehead atoms. The van der Waals surface area contributed by atoms with Crippen LogP contribution in [0.5, 0.6) is 0 Å². The van der Waals surface area contributed by atoms with Gasteiger partial charge in [0.2, 0.25) is 5.95 Å². The van der Waals surface area contributed by atoms with E-state index in [1.54, 1.807) is 6.07 Å². The number of hydrogen-bond acceptors (Lipinski definition) is 4. The Morgan fingerprint density at radius 1 is 1.32 bits per heavy atom. The van der Waals surface area contributed by atoms with Gasteiger partial charge in [-0.2, -0.15) is 4.98 Å². The highest BCUT2D eigenvalue weighted by Crippen LogP contribution is 2.20. The Hall–Kier alpha value is -1.88. The van der Waals surface area contributed by atoms with Crippen molar-refractivity contribution in [2.24, 2.45) is 0 Å². The molecule has 19 heavy (non-hydrogen) atoms. The fraction of sp³-hybridized carbons (Fsp3) is 0.231. The van der Waals surface area contributed by atoms with E-state index < -0.39 is 0 Å². The van der Waals surface area contributed by atoms with Gasteiger partial charge in [0.25, 0.3) is 0 Å². The van der Waals surface area contributed by atoms with E-state index in [-0.39, 0.29) is 5.82 Å². The lowest BCUT2D eigenvalue weighted by molar-refractivity contribution is 0.626. The second-order valence-electron chi connectivity index (χ2n) is 3.90. The summed E-state index contributed by atoms with van der Waals surface area (Å²) in [5, 5.41) is 6.50. The molecule has 0 aliphatic carbocycles. The third-order valence-electron chi connectivity index (χ3n) is 2.43. The summed E-state index contributed by atoms with van der Waals surface area (Å²) in [6.45, 7) is 3.13. The number of hydrogen-bond donors (Lipinski definition) is 2. The van der Waals surface area contributed by atoms with Crippen LogP contribution in [0.3, 0.4) is 0 Å². The molecule has 0 amide bonds. The second kappa shape index (κ2) is 6.33. The summed E-state index contributed by atoms with van der Waals surface area (Å²) < 4.78 is 13.0. The monoisotopic (exact) mass is 280 g/mol. The van der Waals surface area contributed by atoms with Gasteiger partial charge in [-0.15, -0.1) is 0 Å². The molecule has 0 atom stereocenters. The van der Waals surface area contributed by atoms with Crippen LogP contribution in [0.4, 0.5) is 16.2 Å². The predicted octanol–water partition coefficient (Wildman–Crippen LogP) is 3.31. The Balaban J connectivity index is 2.08. The SMILES string of the molecule is CCNc1ncc(Cl)c(NCc2cccc(F)c2)n1. The average molecular weight is 281 g/mol. The van der Waals surface area contributed by atoms with E-state index in [4.69, 9.17) is 11.6 Å². The first-order chi connectivity index (χ1) is 9.19. The minimum atomic E-state index is -0.263. The van der Waals surface area contributed by atoms with Crippen LogP contribution in [0.1, 0.15) is 12.5 Å². The molecule has 0 fully saturated rings. The maximum Gasteiger partial charge on any atom is 0.224 e. The van der Waals surface area contributed by atoms with Crippen LogP contribution in [0.2, 0.25) is 5.02 Å². The summed E-state index contributed by atoms with van der Waals surface area (Å²) in [5.41, 5.74) is 0.819. The lowest BCUT2D eigenvalue weighted by atomic mass is 10.2. The van der Waals surface area contributed by atoms with Crippen molar-refractivity contribution in [3.8, 4) is 0 Å². The third kappa shape index (κ3) is 3.79. The molecule has 0 saturated carbocycles. The first-order valence-corrected chi connectivity index (χ1v) is 6.31. The number of aromatic nitrogens is 2. The lowest BCUT2D eigenvalue weighted by Gasteiger charge is -2.09. The van der Waals surface area contributed by atoms with Crippen molar-refractivity contribution < 1.29 is 4.39 Å². The minimum Gasteiger partial charge on any atom is -0.365 e. The van der Waals surface area contributed by atoms with E-state index in [9.17, 15) is 4.39 Å². The Morgan fingerprint density at radius 2 is 2.16 bits per heavy atom. The Labute approximate surface area is 116 Å². The molecular formula is C13H14ClFN4. The zero-order valence-corrected chi connectivity index (χ0v) is 11.2. The van der Waals surface area contributed by atoms with Crippen molar-refractivity contribution in [1.29, 1.82) is 0 Å². The predicted molar refractivity (Wildman–Crippen MR) is 74.9 cm³/mol. The Bertz CT molecular complexity index is 562. The highest BCUT2D eigenvalue weighted by Gasteiger charge is 2.05. The fourth-order valence-corrected chi connectivity index (χ4v) is 1.72. The van der Waals surface area contributed by atoms with E-state index in [1.165, 1.54) is 18.3 Å². The van der Waals surface area contributed by atoms with E-state index in [1.807, 2.05) is 13.0 Å². The van der Waals surface area contributed by atoms with Gasteiger partial charge >= 0.3 is 0 Å². The van der Waals surface area contributed by atoms with E-state index in [0.29, 0.717) is 23.3 Å². The van der Waals surface area contributed by atoms with Crippen molar-refractivity contribution in [1.82, 2.24) is 9.97 Å². The van der Waals surface area contributed by atoms with Gasteiger partial charge in [0.1, 0.15) is 10.8 Å². The van der Waals surface area contributed by atoms with Gasteiger partial charge in [-0.25, -0.2) is 9.37 Å². The molecule has 0 unspecified atom stereocenters. The largest absolute Gasteiger partial charge is 0.365 e. The zero-order valence-electron chi connectivity index (χ0n) is 10.5. The number of halogens is 2. The van der Waals surface area contributed by atoms with Crippen molar-refractivity contribution in [2.45, 2.75) is 13.5 Å². The standard InChI is InChI=1S/C13H14ClFN4/c1-2-16-13-18-8-11(14)12(19-13)17-7-9-4-3-5-10(15)6-9/h3-6,8H,2,7H2,1H3,(H2,16,17,18,19).